The van der Waals surface area contributed by atoms with E-state index in [-0.39, 0.29) is 18.1 Å². The van der Waals surface area contributed by atoms with Crippen molar-refractivity contribution >= 4 is 23.4 Å². The molecular weight excluding hydrogens is 186 g/mol. The maximum absolute atomic E-state index is 11.0. The first-order valence-corrected chi connectivity index (χ1v) is 4.06. The van der Waals surface area contributed by atoms with Crippen molar-refractivity contribution in [2.75, 3.05) is 17.2 Å². The second-order valence-electron chi connectivity index (χ2n) is 3.06. The summed E-state index contributed by atoms with van der Waals surface area (Å²) < 4.78 is 1.50. The molecule has 3 N–H and O–H groups in total. The molecule has 1 aliphatic rings. The van der Waals surface area contributed by atoms with E-state index in [9.17, 15) is 9.59 Å². The van der Waals surface area contributed by atoms with Crippen LogP contribution >= 0.6 is 0 Å². The van der Waals surface area contributed by atoms with E-state index < -0.39 is 5.97 Å². The molecule has 0 radical (unpaired) electrons. The van der Waals surface area contributed by atoms with Crippen LogP contribution in [0.4, 0.5) is 11.5 Å². The van der Waals surface area contributed by atoms with Crippen molar-refractivity contribution in [3.63, 3.8) is 0 Å². The van der Waals surface area contributed by atoms with Gasteiger partial charge in [-0.3, -0.25) is 4.79 Å². The quantitative estimate of drug-likeness (QED) is 0.593. The highest BCUT2D eigenvalue weighted by molar-refractivity contribution is 6.02. The number of nitrogens with one attached hydrogen (secondary N) is 2. The molecule has 0 fully saturated rings. The van der Waals surface area contributed by atoms with Gasteiger partial charge in [-0.1, -0.05) is 0 Å². The van der Waals surface area contributed by atoms with Crippen molar-refractivity contribution in [2.24, 2.45) is 7.05 Å². The lowest BCUT2D eigenvalue weighted by Crippen LogP contribution is -2.27. The molecule has 1 amide bonds. The zero-order valence-electron chi connectivity index (χ0n) is 7.50. The van der Waals surface area contributed by atoms with E-state index in [0.29, 0.717) is 11.5 Å². The third kappa shape index (κ3) is 1.12. The zero-order chi connectivity index (χ0) is 10.3. The number of hydrogen-bond acceptors (Lipinski definition) is 3. The number of aromatic nitrogens is 1. The molecule has 1 aromatic rings. The number of carbonyl (C=O) groups excluding carboxylic acids is 1. The SMILES string of the molecule is Cn1c(C(=O)O)cc2c1NCC(=O)N2. The summed E-state index contributed by atoms with van der Waals surface area (Å²) >= 11 is 0. The van der Waals surface area contributed by atoms with E-state index in [2.05, 4.69) is 10.6 Å². The zero-order valence-corrected chi connectivity index (χ0v) is 7.50. The minimum Gasteiger partial charge on any atom is -0.477 e. The van der Waals surface area contributed by atoms with Gasteiger partial charge in [0.25, 0.3) is 0 Å². The molecule has 0 aromatic carbocycles. The molecule has 1 aliphatic heterocycles. The first kappa shape index (κ1) is 8.61. The predicted molar refractivity (Wildman–Crippen MR) is 49.5 cm³/mol. The summed E-state index contributed by atoms with van der Waals surface area (Å²) in [5.41, 5.74) is 0.658. The second-order valence-corrected chi connectivity index (χ2v) is 3.06. The molecule has 0 saturated heterocycles. The molecular formula is C8H9N3O3. The number of amides is 1. The number of rotatable bonds is 1. The highest BCUT2D eigenvalue weighted by Gasteiger charge is 2.22. The first-order chi connectivity index (χ1) is 6.59. The fraction of sp³-hybridized carbons (Fsp3) is 0.250. The number of hydrogen-bond donors (Lipinski definition) is 3. The molecule has 6 nitrogen and oxygen atoms in total. The van der Waals surface area contributed by atoms with Crippen molar-refractivity contribution in [1.82, 2.24) is 4.57 Å². The van der Waals surface area contributed by atoms with Crippen LogP contribution in [-0.4, -0.2) is 28.1 Å². The normalized spacial score (nSPS) is 14.2. The lowest BCUT2D eigenvalue weighted by Gasteiger charge is -2.16. The molecule has 0 saturated carbocycles. The molecule has 0 unspecified atom stereocenters. The summed E-state index contributed by atoms with van der Waals surface area (Å²) in [6.07, 6.45) is 0. The van der Waals surface area contributed by atoms with E-state index in [1.54, 1.807) is 7.05 Å². The number of carboxylic acids is 1. The predicted octanol–water partition coefficient (Wildman–Crippen LogP) is 0.0873. The standard InChI is InChI=1S/C8H9N3O3/c1-11-5(8(13)14)2-4-7(11)9-3-6(12)10-4/h2,9H,3H2,1H3,(H,10,12)(H,13,14). The molecule has 0 spiro atoms. The Morgan fingerprint density at radius 2 is 2.36 bits per heavy atom. The van der Waals surface area contributed by atoms with Gasteiger partial charge >= 0.3 is 5.97 Å². The number of aromatic carboxylic acids is 1. The Morgan fingerprint density at radius 1 is 1.64 bits per heavy atom. The van der Waals surface area contributed by atoms with Gasteiger partial charge in [0.05, 0.1) is 12.2 Å². The highest BCUT2D eigenvalue weighted by atomic mass is 16.4. The fourth-order valence-corrected chi connectivity index (χ4v) is 1.48. The molecule has 14 heavy (non-hydrogen) atoms. The van der Waals surface area contributed by atoms with Crippen LogP contribution in [0.3, 0.4) is 0 Å². The Kier molecular flexibility index (Phi) is 1.70. The van der Waals surface area contributed by atoms with Gasteiger partial charge < -0.3 is 20.3 Å². The third-order valence-electron chi connectivity index (χ3n) is 2.14. The van der Waals surface area contributed by atoms with Crippen LogP contribution < -0.4 is 10.6 Å². The summed E-state index contributed by atoms with van der Waals surface area (Å²) in [6.45, 7) is 0.171. The Bertz CT molecular complexity index is 422. The summed E-state index contributed by atoms with van der Waals surface area (Å²) in [5, 5.41) is 14.3. The van der Waals surface area contributed by atoms with Crippen LogP contribution in [0, 0.1) is 0 Å². The van der Waals surface area contributed by atoms with Crippen LogP contribution in [0.1, 0.15) is 10.5 Å². The van der Waals surface area contributed by atoms with Gasteiger partial charge in [-0.05, 0) is 6.07 Å². The smallest absolute Gasteiger partial charge is 0.352 e. The van der Waals surface area contributed by atoms with Crippen LogP contribution in [-0.2, 0) is 11.8 Å². The van der Waals surface area contributed by atoms with Gasteiger partial charge in [-0.15, -0.1) is 0 Å². The average Bonchev–Trinajstić information content (AvgIpc) is 2.43. The molecule has 1 aromatic heterocycles. The summed E-state index contributed by atoms with van der Waals surface area (Å²) in [6, 6.07) is 1.43. The van der Waals surface area contributed by atoms with Gasteiger partial charge in [0.2, 0.25) is 5.91 Å². The maximum Gasteiger partial charge on any atom is 0.352 e. The number of nitrogens with zero attached hydrogens (tertiary/aromatic N) is 1. The summed E-state index contributed by atoms with van der Waals surface area (Å²) in [7, 11) is 1.63. The Hall–Kier alpha value is -1.98. The molecule has 2 rings (SSSR count). The summed E-state index contributed by atoms with van der Waals surface area (Å²) in [5.74, 6) is -0.556. The van der Waals surface area contributed by atoms with Crippen molar-refractivity contribution in [3.05, 3.63) is 11.8 Å². The van der Waals surface area contributed by atoms with Crippen LogP contribution in [0.2, 0.25) is 0 Å². The Balaban J connectivity index is 2.50. The number of carbonyl (C=O) groups is 2. The van der Waals surface area contributed by atoms with E-state index in [4.69, 9.17) is 5.11 Å². The van der Waals surface area contributed by atoms with Crippen LogP contribution in [0.5, 0.6) is 0 Å². The highest BCUT2D eigenvalue weighted by Crippen LogP contribution is 2.27. The second kappa shape index (κ2) is 2.76. The lowest BCUT2D eigenvalue weighted by atomic mass is 10.3. The van der Waals surface area contributed by atoms with Gasteiger partial charge in [0.15, 0.2) is 0 Å². The van der Waals surface area contributed by atoms with Gasteiger partial charge in [0.1, 0.15) is 11.5 Å². The fourth-order valence-electron chi connectivity index (χ4n) is 1.48. The lowest BCUT2D eigenvalue weighted by molar-refractivity contribution is -0.114. The average molecular weight is 195 g/mol. The van der Waals surface area contributed by atoms with Crippen molar-refractivity contribution < 1.29 is 14.7 Å². The van der Waals surface area contributed by atoms with E-state index >= 15 is 0 Å². The minimum atomic E-state index is -1.02. The topological polar surface area (TPSA) is 83.4 Å². The summed E-state index contributed by atoms with van der Waals surface area (Å²) in [4.78, 5) is 21.7. The Morgan fingerprint density at radius 3 is 3.00 bits per heavy atom. The molecule has 6 heteroatoms. The maximum atomic E-state index is 11.0. The van der Waals surface area contributed by atoms with Crippen molar-refractivity contribution in [3.8, 4) is 0 Å². The van der Waals surface area contributed by atoms with Crippen LogP contribution in [0.15, 0.2) is 6.07 Å². The van der Waals surface area contributed by atoms with Gasteiger partial charge in [-0.25, -0.2) is 4.79 Å². The Labute approximate surface area is 79.5 Å². The van der Waals surface area contributed by atoms with E-state index in [1.165, 1.54) is 10.6 Å². The first-order valence-electron chi connectivity index (χ1n) is 4.06. The number of carboxylic acid groups (broad SMARTS) is 1. The molecule has 0 aliphatic carbocycles. The monoisotopic (exact) mass is 195 g/mol. The number of anilines is 2. The van der Waals surface area contributed by atoms with Crippen LogP contribution in [0.25, 0.3) is 0 Å². The van der Waals surface area contributed by atoms with Gasteiger partial charge in [-0.2, -0.15) is 0 Å². The van der Waals surface area contributed by atoms with Crippen molar-refractivity contribution in [2.45, 2.75) is 0 Å². The van der Waals surface area contributed by atoms with Crippen molar-refractivity contribution in [1.29, 1.82) is 0 Å². The van der Waals surface area contributed by atoms with Gasteiger partial charge in [0, 0.05) is 7.05 Å². The van der Waals surface area contributed by atoms with E-state index in [1.807, 2.05) is 0 Å². The largest absolute Gasteiger partial charge is 0.477 e. The molecule has 2 heterocycles. The third-order valence-corrected chi connectivity index (χ3v) is 2.14. The minimum absolute atomic E-state index is 0.143. The molecule has 74 valence electrons. The molecule has 0 bridgehead atoms. The van der Waals surface area contributed by atoms with E-state index in [0.717, 1.165) is 0 Å². The number of fused-ring (bicyclic) bond motifs is 1. The molecule has 0 atom stereocenters.